The molecule has 0 bridgehead atoms. The van der Waals surface area contributed by atoms with E-state index in [2.05, 4.69) is 37.6 Å². The smallest absolute Gasteiger partial charge is 0.135 e. The zero-order valence-electron chi connectivity index (χ0n) is 22.5. The number of aryl methyl sites for hydroxylation is 1. The van der Waals surface area contributed by atoms with Crippen LogP contribution in [0.25, 0.3) is 55.7 Å². The zero-order valence-corrected chi connectivity index (χ0v) is 22.5. The average Bonchev–Trinajstić information content (AvgIpc) is 3.71. The number of fused-ring (bicyclic) bond motifs is 2. The van der Waals surface area contributed by atoms with E-state index in [0.29, 0.717) is 0 Å². The molecule has 6 nitrogen and oxygen atoms in total. The number of hydrogen-bond donors (Lipinski definition) is 3. The Morgan fingerprint density at radius 3 is 2.73 bits per heavy atom. The third kappa shape index (κ3) is 4.77. The molecule has 0 radical (unpaired) electrons. The molecule has 0 unspecified atom stereocenters. The number of aromatic amines is 2. The summed E-state index contributed by atoms with van der Waals surface area (Å²) in [5.74, 6) is 0.569. The lowest BCUT2D eigenvalue weighted by atomic mass is 10.00. The molecule has 1 fully saturated rings. The summed E-state index contributed by atoms with van der Waals surface area (Å²) in [6.45, 7) is 3.78. The number of halogens is 1. The Bertz CT molecular complexity index is 1810. The Labute approximate surface area is 232 Å². The van der Waals surface area contributed by atoms with Crippen LogP contribution in [-0.2, 0) is 6.54 Å². The van der Waals surface area contributed by atoms with Crippen molar-refractivity contribution in [3.63, 3.8) is 0 Å². The third-order valence-electron chi connectivity index (χ3n) is 8.01. The van der Waals surface area contributed by atoms with Crippen molar-refractivity contribution in [2.45, 2.75) is 39.2 Å². The van der Waals surface area contributed by atoms with Gasteiger partial charge in [0.2, 0.25) is 0 Å². The highest BCUT2D eigenvalue weighted by Gasteiger charge is 2.17. The highest BCUT2D eigenvalue weighted by Crippen LogP contribution is 2.35. The number of benzene rings is 2. The molecule has 7 heteroatoms. The van der Waals surface area contributed by atoms with E-state index in [4.69, 9.17) is 4.98 Å². The highest BCUT2D eigenvalue weighted by molar-refractivity contribution is 6.00. The predicted molar refractivity (Wildman–Crippen MR) is 158 cm³/mol. The summed E-state index contributed by atoms with van der Waals surface area (Å²) in [4.78, 5) is 13.0. The van der Waals surface area contributed by atoms with Gasteiger partial charge in [0.05, 0.1) is 16.9 Å². The van der Waals surface area contributed by atoms with Gasteiger partial charge in [-0.25, -0.2) is 9.37 Å². The first-order valence-corrected chi connectivity index (χ1v) is 14.0. The average molecular weight is 531 g/mol. The first kappa shape index (κ1) is 24.7. The van der Waals surface area contributed by atoms with Crippen LogP contribution in [0, 0.1) is 18.7 Å². The molecule has 200 valence electrons. The lowest BCUT2D eigenvalue weighted by molar-refractivity contribution is 0.489. The third-order valence-corrected chi connectivity index (χ3v) is 8.01. The molecular weight excluding hydrogens is 499 g/mol. The quantitative estimate of drug-likeness (QED) is 0.199. The summed E-state index contributed by atoms with van der Waals surface area (Å²) in [6.07, 6.45) is 9.19. The molecule has 1 saturated carbocycles. The van der Waals surface area contributed by atoms with Crippen LogP contribution in [0.4, 0.5) is 4.39 Å². The van der Waals surface area contributed by atoms with E-state index in [1.165, 1.54) is 25.7 Å². The van der Waals surface area contributed by atoms with Gasteiger partial charge in [-0.15, -0.1) is 0 Å². The van der Waals surface area contributed by atoms with E-state index in [-0.39, 0.29) is 5.82 Å². The number of H-pyrrole nitrogens is 2. The van der Waals surface area contributed by atoms with Crippen molar-refractivity contribution in [3.05, 3.63) is 90.0 Å². The van der Waals surface area contributed by atoms with Crippen LogP contribution in [0.1, 0.15) is 36.8 Å². The van der Waals surface area contributed by atoms with Crippen LogP contribution in [-0.4, -0.2) is 31.7 Å². The van der Waals surface area contributed by atoms with Crippen LogP contribution >= 0.6 is 0 Å². The van der Waals surface area contributed by atoms with Gasteiger partial charge in [0.15, 0.2) is 0 Å². The van der Waals surface area contributed by atoms with Gasteiger partial charge < -0.3 is 10.3 Å². The Morgan fingerprint density at radius 1 is 0.950 bits per heavy atom. The van der Waals surface area contributed by atoms with Crippen LogP contribution in [0.3, 0.4) is 0 Å². The second-order valence-electron chi connectivity index (χ2n) is 11.0. The van der Waals surface area contributed by atoms with Gasteiger partial charge in [-0.3, -0.25) is 10.1 Å². The molecule has 0 saturated heterocycles. The van der Waals surface area contributed by atoms with Crippen molar-refractivity contribution in [2.24, 2.45) is 5.92 Å². The minimum Gasteiger partial charge on any atom is -0.353 e. The van der Waals surface area contributed by atoms with E-state index < -0.39 is 0 Å². The zero-order chi connectivity index (χ0) is 27.1. The van der Waals surface area contributed by atoms with Crippen LogP contribution in [0.15, 0.2) is 73.1 Å². The summed E-state index contributed by atoms with van der Waals surface area (Å²) < 4.78 is 14.2. The molecule has 4 heterocycles. The van der Waals surface area contributed by atoms with Gasteiger partial charge in [0, 0.05) is 35.4 Å². The first-order chi connectivity index (χ1) is 19.6. The number of rotatable bonds is 7. The minimum atomic E-state index is -0.235. The molecule has 0 aliphatic heterocycles. The van der Waals surface area contributed by atoms with Gasteiger partial charge in [-0.1, -0.05) is 31.0 Å². The molecule has 0 spiro atoms. The SMILES string of the molecule is Cc1cc(F)cc(-c2cccc3[nH]c(-c4n[nH]c5ccc(-c6cncc(CNCC7CCCC7)c6)nc45)cc23)c1. The van der Waals surface area contributed by atoms with Crippen molar-refractivity contribution in [1.82, 2.24) is 30.5 Å². The Kier molecular flexibility index (Phi) is 6.36. The summed E-state index contributed by atoms with van der Waals surface area (Å²) >= 11 is 0. The van der Waals surface area contributed by atoms with Gasteiger partial charge in [0.1, 0.15) is 17.0 Å². The number of aromatic nitrogens is 5. The van der Waals surface area contributed by atoms with Crippen molar-refractivity contribution in [3.8, 4) is 33.8 Å². The lowest BCUT2D eigenvalue weighted by Gasteiger charge is -2.11. The Morgan fingerprint density at radius 2 is 1.85 bits per heavy atom. The van der Waals surface area contributed by atoms with Gasteiger partial charge >= 0.3 is 0 Å². The van der Waals surface area contributed by atoms with Crippen molar-refractivity contribution >= 4 is 21.9 Å². The number of pyridine rings is 2. The molecule has 7 rings (SSSR count). The Hall–Kier alpha value is -4.36. The second kappa shape index (κ2) is 10.3. The molecule has 1 aliphatic carbocycles. The van der Waals surface area contributed by atoms with Gasteiger partial charge in [0.25, 0.3) is 0 Å². The van der Waals surface area contributed by atoms with Crippen LogP contribution in [0.2, 0.25) is 0 Å². The maximum absolute atomic E-state index is 14.2. The van der Waals surface area contributed by atoms with Gasteiger partial charge in [-0.2, -0.15) is 5.10 Å². The van der Waals surface area contributed by atoms with Crippen molar-refractivity contribution < 1.29 is 4.39 Å². The molecule has 3 N–H and O–H groups in total. The standard InChI is InChI=1S/C33H31FN6/c1-20-11-23(14-25(34)12-20)26-7-4-8-29-27(26)15-31(37-29)33-32-30(39-40-33)10-9-28(38-32)24-13-22(18-36-19-24)17-35-16-21-5-2-3-6-21/h4,7-15,18-19,21,35,37H,2-3,5-6,16-17H2,1H3,(H,39,40). The lowest BCUT2D eigenvalue weighted by Crippen LogP contribution is -2.20. The summed E-state index contributed by atoms with van der Waals surface area (Å²) in [5, 5.41) is 12.4. The Balaban J connectivity index is 1.21. The molecule has 0 amide bonds. The monoisotopic (exact) mass is 530 g/mol. The largest absolute Gasteiger partial charge is 0.353 e. The van der Waals surface area contributed by atoms with Gasteiger partial charge in [-0.05, 0) is 96.9 Å². The minimum absolute atomic E-state index is 0.235. The normalized spacial score (nSPS) is 14.1. The maximum Gasteiger partial charge on any atom is 0.135 e. The van der Waals surface area contributed by atoms with Crippen molar-refractivity contribution in [1.29, 1.82) is 0 Å². The number of hydrogen-bond acceptors (Lipinski definition) is 4. The van der Waals surface area contributed by atoms with E-state index in [9.17, 15) is 4.39 Å². The first-order valence-electron chi connectivity index (χ1n) is 14.0. The number of nitrogens with one attached hydrogen (secondary N) is 3. The second-order valence-corrected chi connectivity index (χ2v) is 11.0. The van der Waals surface area contributed by atoms with Crippen LogP contribution in [0.5, 0.6) is 0 Å². The van der Waals surface area contributed by atoms with E-state index >= 15 is 0 Å². The topological polar surface area (TPSA) is 82.3 Å². The molecule has 4 aromatic heterocycles. The molecule has 0 atom stereocenters. The summed E-state index contributed by atoms with van der Waals surface area (Å²) in [7, 11) is 0. The highest BCUT2D eigenvalue weighted by atomic mass is 19.1. The fourth-order valence-corrected chi connectivity index (χ4v) is 6.03. The molecule has 40 heavy (non-hydrogen) atoms. The van der Waals surface area contributed by atoms with Crippen LogP contribution < -0.4 is 5.32 Å². The fraction of sp³-hybridized carbons (Fsp3) is 0.242. The molecule has 1 aliphatic rings. The summed E-state index contributed by atoms with van der Waals surface area (Å²) in [5.41, 5.74) is 9.92. The van der Waals surface area contributed by atoms with E-state index in [1.54, 1.807) is 12.1 Å². The molecule has 6 aromatic rings. The summed E-state index contributed by atoms with van der Waals surface area (Å²) in [6, 6.07) is 19.4. The fourth-order valence-electron chi connectivity index (χ4n) is 6.03. The van der Waals surface area contributed by atoms with E-state index in [0.717, 1.165) is 85.8 Å². The molecular formula is C33H31FN6. The van der Waals surface area contributed by atoms with Crippen molar-refractivity contribution in [2.75, 3.05) is 6.54 Å². The van der Waals surface area contributed by atoms with E-state index in [1.807, 2.05) is 55.7 Å². The predicted octanol–water partition coefficient (Wildman–Crippen LogP) is 7.56. The number of nitrogens with zero attached hydrogens (tertiary/aromatic N) is 3. The molecule has 2 aromatic carbocycles. The maximum atomic E-state index is 14.2.